The number of carbonyl (C=O) groups is 1. The summed E-state index contributed by atoms with van der Waals surface area (Å²) in [7, 11) is 1.60. The minimum Gasteiger partial charge on any atom is -0.496 e. The maximum absolute atomic E-state index is 12.6. The van der Waals surface area contributed by atoms with E-state index in [9.17, 15) is 4.79 Å². The quantitative estimate of drug-likeness (QED) is 0.484. The SMILES string of the molecule is COc1ccccc1/C=C1\Oc2cc(OCc3ccc(Br)cc3)ccc2C1=O. The molecule has 4 nitrogen and oxygen atoms in total. The minimum atomic E-state index is -0.152. The second-order valence-corrected chi connectivity index (χ2v) is 7.17. The van der Waals surface area contributed by atoms with E-state index in [-0.39, 0.29) is 11.5 Å². The number of hydrogen-bond acceptors (Lipinski definition) is 4. The van der Waals surface area contributed by atoms with Crippen molar-refractivity contribution in [2.45, 2.75) is 6.61 Å². The maximum atomic E-state index is 12.6. The number of allylic oxidation sites excluding steroid dienone is 1. The Hall–Kier alpha value is -3.05. The fraction of sp³-hybridized carbons (Fsp3) is 0.0870. The number of benzene rings is 3. The zero-order valence-electron chi connectivity index (χ0n) is 15.1. The van der Waals surface area contributed by atoms with Crippen molar-refractivity contribution >= 4 is 27.8 Å². The fourth-order valence-corrected chi connectivity index (χ4v) is 3.20. The molecule has 0 bridgehead atoms. The number of para-hydroxylation sites is 1. The van der Waals surface area contributed by atoms with Crippen LogP contribution in [0.3, 0.4) is 0 Å². The van der Waals surface area contributed by atoms with Crippen molar-refractivity contribution in [3.8, 4) is 17.2 Å². The molecule has 1 aliphatic heterocycles. The van der Waals surface area contributed by atoms with Gasteiger partial charge < -0.3 is 14.2 Å². The highest BCUT2D eigenvalue weighted by atomic mass is 79.9. The molecule has 0 N–H and O–H groups in total. The normalized spacial score (nSPS) is 13.9. The van der Waals surface area contributed by atoms with E-state index in [1.54, 1.807) is 31.4 Å². The molecule has 5 heteroatoms. The van der Waals surface area contributed by atoms with Crippen molar-refractivity contribution in [1.29, 1.82) is 0 Å². The Bertz CT molecular complexity index is 1050. The second-order valence-electron chi connectivity index (χ2n) is 6.25. The first kappa shape index (κ1) is 18.3. The van der Waals surface area contributed by atoms with Crippen molar-refractivity contribution in [2.75, 3.05) is 7.11 Å². The van der Waals surface area contributed by atoms with Crippen LogP contribution in [0.5, 0.6) is 17.2 Å². The molecule has 0 spiro atoms. The van der Waals surface area contributed by atoms with Gasteiger partial charge in [0.25, 0.3) is 0 Å². The van der Waals surface area contributed by atoms with Crippen molar-refractivity contribution in [2.24, 2.45) is 0 Å². The van der Waals surface area contributed by atoms with Gasteiger partial charge in [-0.15, -0.1) is 0 Å². The first-order valence-electron chi connectivity index (χ1n) is 8.72. The fourth-order valence-electron chi connectivity index (χ4n) is 2.93. The van der Waals surface area contributed by atoms with Gasteiger partial charge in [-0.25, -0.2) is 0 Å². The van der Waals surface area contributed by atoms with E-state index in [1.807, 2.05) is 48.5 Å². The highest BCUT2D eigenvalue weighted by Gasteiger charge is 2.28. The average molecular weight is 437 g/mol. The highest BCUT2D eigenvalue weighted by molar-refractivity contribution is 9.10. The summed E-state index contributed by atoms with van der Waals surface area (Å²) in [6.07, 6.45) is 1.70. The Morgan fingerprint density at radius 1 is 1.04 bits per heavy atom. The Morgan fingerprint density at radius 2 is 1.82 bits per heavy atom. The van der Waals surface area contributed by atoms with Crippen LogP contribution in [0.4, 0.5) is 0 Å². The van der Waals surface area contributed by atoms with E-state index in [4.69, 9.17) is 14.2 Å². The molecule has 0 saturated heterocycles. The predicted molar refractivity (Wildman–Crippen MR) is 111 cm³/mol. The standard InChI is InChI=1S/C23H17BrO4/c1-26-20-5-3-2-4-16(20)12-22-23(25)19-11-10-18(13-21(19)28-22)27-14-15-6-8-17(24)9-7-15/h2-13H,14H2,1H3/b22-12-. The molecule has 4 rings (SSSR count). The monoisotopic (exact) mass is 436 g/mol. The number of ether oxygens (including phenoxy) is 3. The summed E-state index contributed by atoms with van der Waals surface area (Å²) in [5.41, 5.74) is 2.36. The first-order valence-corrected chi connectivity index (χ1v) is 9.52. The van der Waals surface area contributed by atoms with Gasteiger partial charge in [0.05, 0.1) is 12.7 Å². The number of carbonyl (C=O) groups excluding carboxylic acids is 1. The third kappa shape index (κ3) is 3.80. The second kappa shape index (κ2) is 7.90. The zero-order valence-corrected chi connectivity index (χ0v) is 16.7. The third-order valence-electron chi connectivity index (χ3n) is 4.39. The van der Waals surface area contributed by atoms with Crippen LogP contribution in [0, 0.1) is 0 Å². The molecule has 0 radical (unpaired) electrons. The van der Waals surface area contributed by atoms with Crippen molar-refractivity contribution in [1.82, 2.24) is 0 Å². The molecular weight excluding hydrogens is 420 g/mol. The Labute approximate surface area is 171 Å². The molecule has 0 aromatic heterocycles. The number of hydrogen-bond donors (Lipinski definition) is 0. The molecule has 0 aliphatic carbocycles. The molecule has 1 heterocycles. The number of methoxy groups -OCH3 is 1. The van der Waals surface area contributed by atoms with Gasteiger partial charge in [0.1, 0.15) is 23.9 Å². The largest absolute Gasteiger partial charge is 0.496 e. The third-order valence-corrected chi connectivity index (χ3v) is 4.91. The molecule has 0 saturated carbocycles. The van der Waals surface area contributed by atoms with Gasteiger partial charge in [-0.2, -0.15) is 0 Å². The summed E-state index contributed by atoms with van der Waals surface area (Å²) < 4.78 is 18.0. The summed E-state index contributed by atoms with van der Waals surface area (Å²) in [6.45, 7) is 0.434. The molecule has 140 valence electrons. The number of ketones is 1. The molecule has 3 aromatic carbocycles. The molecule has 1 aliphatic rings. The lowest BCUT2D eigenvalue weighted by Gasteiger charge is -2.07. The number of fused-ring (bicyclic) bond motifs is 1. The molecule has 3 aromatic rings. The van der Waals surface area contributed by atoms with Crippen LogP contribution in [0.2, 0.25) is 0 Å². The van der Waals surface area contributed by atoms with Gasteiger partial charge in [-0.05, 0) is 42.0 Å². The topological polar surface area (TPSA) is 44.8 Å². The molecular formula is C23H17BrO4. The van der Waals surface area contributed by atoms with Crippen molar-refractivity contribution < 1.29 is 19.0 Å². The highest BCUT2D eigenvalue weighted by Crippen LogP contribution is 2.35. The lowest BCUT2D eigenvalue weighted by atomic mass is 10.1. The van der Waals surface area contributed by atoms with Crippen LogP contribution in [0.1, 0.15) is 21.5 Å². The van der Waals surface area contributed by atoms with Gasteiger partial charge in [-0.3, -0.25) is 4.79 Å². The molecule has 0 unspecified atom stereocenters. The van der Waals surface area contributed by atoms with Crippen LogP contribution < -0.4 is 14.2 Å². The van der Waals surface area contributed by atoms with Gasteiger partial charge >= 0.3 is 0 Å². The summed E-state index contributed by atoms with van der Waals surface area (Å²) in [4.78, 5) is 12.6. The average Bonchev–Trinajstić information content (AvgIpc) is 3.03. The maximum Gasteiger partial charge on any atom is 0.231 e. The molecule has 0 amide bonds. The number of halogens is 1. The zero-order chi connectivity index (χ0) is 19.5. The molecule has 0 fully saturated rings. The molecule has 28 heavy (non-hydrogen) atoms. The Morgan fingerprint density at radius 3 is 2.61 bits per heavy atom. The molecule has 0 atom stereocenters. The number of Topliss-reactive ketones (excluding diaryl/α,β-unsaturated/α-hetero) is 1. The smallest absolute Gasteiger partial charge is 0.231 e. The van der Waals surface area contributed by atoms with Crippen molar-refractivity contribution in [3.05, 3.63) is 93.7 Å². The van der Waals surface area contributed by atoms with E-state index in [0.29, 0.717) is 29.4 Å². The Balaban J connectivity index is 1.52. The predicted octanol–water partition coefficient (Wildman–Crippen LogP) is 5.65. The minimum absolute atomic E-state index is 0.152. The number of rotatable bonds is 5. The van der Waals surface area contributed by atoms with Crippen LogP contribution in [-0.4, -0.2) is 12.9 Å². The lowest BCUT2D eigenvalue weighted by molar-refractivity contribution is 0.101. The van der Waals surface area contributed by atoms with Crippen LogP contribution in [0.15, 0.2) is 77.0 Å². The van der Waals surface area contributed by atoms with E-state index in [2.05, 4.69) is 15.9 Å². The van der Waals surface area contributed by atoms with Gasteiger partial charge in [0, 0.05) is 16.1 Å². The van der Waals surface area contributed by atoms with Crippen LogP contribution >= 0.6 is 15.9 Å². The first-order chi connectivity index (χ1) is 13.6. The van der Waals surface area contributed by atoms with E-state index >= 15 is 0 Å². The van der Waals surface area contributed by atoms with Crippen LogP contribution in [0.25, 0.3) is 6.08 Å². The summed E-state index contributed by atoms with van der Waals surface area (Å²) in [6, 6.07) is 20.7. The Kier molecular flexibility index (Phi) is 5.17. The van der Waals surface area contributed by atoms with E-state index in [1.165, 1.54) is 0 Å². The van der Waals surface area contributed by atoms with E-state index in [0.717, 1.165) is 15.6 Å². The van der Waals surface area contributed by atoms with Gasteiger partial charge in [0.2, 0.25) is 5.78 Å². The van der Waals surface area contributed by atoms with Gasteiger partial charge in [0.15, 0.2) is 5.76 Å². The van der Waals surface area contributed by atoms with Gasteiger partial charge in [-0.1, -0.05) is 46.3 Å². The summed E-state index contributed by atoms with van der Waals surface area (Å²) in [5, 5.41) is 0. The summed E-state index contributed by atoms with van der Waals surface area (Å²) in [5.74, 6) is 1.94. The van der Waals surface area contributed by atoms with Crippen LogP contribution in [-0.2, 0) is 6.61 Å². The van der Waals surface area contributed by atoms with Crippen molar-refractivity contribution in [3.63, 3.8) is 0 Å². The lowest BCUT2D eigenvalue weighted by Crippen LogP contribution is -1.98. The van der Waals surface area contributed by atoms with E-state index < -0.39 is 0 Å². The summed E-state index contributed by atoms with van der Waals surface area (Å²) >= 11 is 3.42.